The fourth-order valence-corrected chi connectivity index (χ4v) is 3.63. The first-order chi connectivity index (χ1) is 12.2. The summed E-state index contributed by atoms with van der Waals surface area (Å²) in [5.74, 6) is 0. The molecule has 128 valence electrons. The maximum atomic E-state index is 6.81. The predicted molar refractivity (Wildman–Crippen MR) is 100 cm³/mol. The minimum atomic E-state index is -0.246. The third kappa shape index (κ3) is 3.50. The summed E-state index contributed by atoms with van der Waals surface area (Å²) >= 11 is 0. The molecule has 1 saturated heterocycles. The van der Waals surface area contributed by atoms with Gasteiger partial charge in [-0.2, -0.15) is 0 Å². The second kappa shape index (κ2) is 6.82. The lowest BCUT2D eigenvalue weighted by Gasteiger charge is -2.39. The number of aromatic nitrogens is 2. The molecule has 0 bridgehead atoms. The summed E-state index contributed by atoms with van der Waals surface area (Å²) in [5, 5.41) is 0. The Kier molecular flexibility index (Phi) is 4.38. The number of rotatable bonds is 4. The van der Waals surface area contributed by atoms with Gasteiger partial charge in [0.05, 0.1) is 6.33 Å². The molecular formula is C21H24N4. The molecule has 0 aliphatic carbocycles. The quantitative estimate of drug-likeness (QED) is 0.797. The Bertz CT molecular complexity index is 803. The minimum Gasteiger partial charge on any atom is -0.321 e. The van der Waals surface area contributed by atoms with E-state index < -0.39 is 0 Å². The van der Waals surface area contributed by atoms with Crippen molar-refractivity contribution in [1.82, 2.24) is 14.5 Å². The Hall–Kier alpha value is -2.43. The monoisotopic (exact) mass is 332 g/mol. The highest BCUT2D eigenvalue weighted by atomic mass is 15.1. The maximum Gasteiger partial charge on any atom is 0.0991 e. The molecule has 3 aromatic rings. The van der Waals surface area contributed by atoms with Gasteiger partial charge in [-0.3, -0.25) is 4.90 Å². The minimum absolute atomic E-state index is 0.246. The number of nitrogens with zero attached hydrogens (tertiary/aromatic N) is 3. The van der Waals surface area contributed by atoms with Gasteiger partial charge in [-0.1, -0.05) is 42.5 Å². The van der Waals surface area contributed by atoms with Crippen molar-refractivity contribution in [2.75, 3.05) is 13.1 Å². The third-order valence-electron chi connectivity index (χ3n) is 5.22. The Morgan fingerprint density at radius 1 is 1.00 bits per heavy atom. The largest absolute Gasteiger partial charge is 0.321 e. The zero-order valence-corrected chi connectivity index (χ0v) is 14.4. The van der Waals surface area contributed by atoms with E-state index in [0.29, 0.717) is 0 Å². The molecule has 0 spiro atoms. The van der Waals surface area contributed by atoms with E-state index >= 15 is 0 Å². The maximum absolute atomic E-state index is 6.81. The predicted octanol–water partition coefficient (Wildman–Crippen LogP) is 3.32. The highest BCUT2D eigenvalue weighted by molar-refractivity contribution is 5.39. The van der Waals surface area contributed by atoms with Crippen LogP contribution < -0.4 is 5.73 Å². The molecule has 0 amide bonds. The van der Waals surface area contributed by atoms with Crippen LogP contribution in [0.1, 0.15) is 24.0 Å². The molecule has 0 saturated carbocycles. The van der Waals surface area contributed by atoms with Gasteiger partial charge in [0.1, 0.15) is 0 Å². The number of piperidine rings is 1. The first-order valence-electron chi connectivity index (χ1n) is 8.87. The van der Waals surface area contributed by atoms with Gasteiger partial charge in [-0.25, -0.2) is 4.98 Å². The van der Waals surface area contributed by atoms with E-state index in [2.05, 4.69) is 64.5 Å². The van der Waals surface area contributed by atoms with E-state index in [-0.39, 0.29) is 5.54 Å². The Balaban J connectivity index is 1.46. The van der Waals surface area contributed by atoms with E-state index in [1.165, 1.54) is 11.1 Å². The molecule has 4 nitrogen and oxygen atoms in total. The van der Waals surface area contributed by atoms with Crippen LogP contribution in [0.2, 0.25) is 0 Å². The molecule has 0 radical (unpaired) electrons. The Labute approximate surface area is 148 Å². The number of benzene rings is 2. The molecule has 4 rings (SSSR count). The van der Waals surface area contributed by atoms with Crippen LogP contribution in [0.25, 0.3) is 5.69 Å². The molecule has 2 heterocycles. The number of hydrogen-bond acceptors (Lipinski definition) is 3. The van der Waals surface area contributed by atoms with Gasteiger partial charge in [-0.05, 0) is 36.1 Å². The lowest BCUT2D eigenvalue weighted by Crippen LogP contribution is -2.47. The number of hydrogen-bond donors (Lipinski definition) is 1. The van der Waals surface area contributed by atoms with Crippen LogP contribution in [0, 0.1) is 0 Å². The van der Waals surface area contributed by atoms with Crippen LogP contribution in [0.4, 0.5) is 0 Å². The van der Waals surface area contributed by atoms with Crippen molar-refractivity contribution in [2.45, 2.75) is 24.9 Å². The summed E-state index contributed by atoms with van der Waals surface area (Å²) in [6.07, 6.45) is 7.54. The van der Waals surface area contributed by atoms with Gasteiger partial charge in [0.25, 0.3) is 0 Å². The Morgan fingerprint density at radius 3 is 2.52 bits per heavy atom. The SMILES string of the molecule is NC1(c2cccc(-n3ccnc3)c2)CCN(Cc2ccccc2)CC1. The molecular weight excluding hydrogens is 308 g/mol. The molecule has 2 N–H and O–H groups in total. The molecule has 0 unspecified atom stereocenters. The molecule has 1 aromatic heterocycles. The molecule has 1 aliphatic rings. The van der Waals surface area contributed by atoms with Crippen molar-refractivity contribution < 1.29 is 0 Å². The topological polar surface area (TPSA) is 47.1 Å². The molecule has 2 aromatic carbocycles. The standard InChI is InChI=1S/C21H24N4/c22-21(19-7-4-8-20(15-19)25-14-11-23-17-25)9-12-24(13-10-21)16-18-5-2-1-3-6-18/h1-8,11,14-15,17H,9-10,12-13,16,22H2. The first-order valence-corrected chi connectivity index (χ1v) is 8.87. The van der Waals surface area contributed by atoms with Gasteiger partial charge in [0.2, 0.25) is 0 Å². The normalized spacial score (nSPS) is 17.5. The van der Waals surface area contributed by atoms with E-state index in [9.17, 15) is 0 Å². The summed E-state index contributed by atoms with van der Waals surface area (Å²) in [6, 6.07) is 19.2. The summed E-state index contributed by atoms with van der Waals surface area (Å²) < 4.78 is 2.03. The molecule has 0 atom stereocenters. The van der Waals surface area contributed by atoms with Crippen molar-refractivity contribution in [3.05, 3.63) is 84.4 Å². The average Bonchev–Trinajstić information content (AvgIpc) is 3.20. The zero-order chi connectivity index (χ0) is 17.1. The highest BCUT2D eigenvalue weighted by Crippen LogP contribution is 2.32. The van der Waals surface area contributed by atoms with Gasteiger partial charge in [0.15, 0.2) is 0 Å². The van der Waals surface area contributed by atoms with Gasteiger partial charge >= 0.3 is 0 Å². The van der Waals surface area contributed by atoms with Crippen molar-refractivity contribution in [3.8, 4) is 5.69 Å². The van der Waals surface area contributed by atoms with E-state index in [4.69, 9.17) is 5.73 Å². The van der Waals surface area contributed by atoms with Gasteiger partial charge < -0.3 is 10.3 Å². The Morgan fingerprint density at radius 2 is 1.80 bits per heavy atom. The van der Waals surface area contributed by atoms with E-state index in [1.807, 2.05) is 17.1 Å². The van der Waals surface area contributed by atoms with Crippen LogP contribution in [0.5, 0.6) is 0 Å². The molecule has 1 fully saturated rings. The smallest absolute Gasteiger partial charge is 0.0991 e. The summed E-state index contributed by atoms with van der Waals surface area (Å²) in [6.45, 7) is 3.06. The van der Waals surface area contributed by atoms with Gasteiger partial charge in [-0.15, -0.1) is 0 Å². The van der Waals surface area contributed by atoms with Crippen molar-refractivity contribution in [2.24, 2.45) is 5.73 Å². The molecule has 25 heavy (non-hydrogen) atoms. The molecule has 1 aliphatic heterocycles. The van der Waals surface area contributed by atoms with Crippen LogP contribution >= 0.6 is 0 Å². The fraction of sp³-hybridized carbons (Fsp3) is 0.286. The third-order valence-corrected chi connectivity index (χ3v) is 5.22. The summed E-state index contributed by atoms with van der Waals surface area (Å²) in [7, 11) is 0. The summed E-state index contributed by atoms with van der Waals surface area (Å²) in [5.41, 5.74) is 10.3. The first kappa shape index (κ1) is 16.1. The number of imidazole rings is 1. The second-order valence-corrected chi connectivity index (χ2v) is 6.94. The lowest BCUT2D eigenvalue weighted by molar-refractivity contribution is 0.155. The van der Waals surface area contributed by atoms with Crippen LogP contribution in [0.3, 0.4) is 0 Å². The molecule has 4 heteroatoms. The van der Waals surface area contributed by atoms with Crippen LogP contribution in [-0.2, 0) is 12.1 Å². The summed E-state index contributed by atoms with van der Waals surface area (Å²) in [4.78, 5) is 6.63. The van der Waals surface area contributed by atoms with Crippen molar-refractivity contribution in [3.63, 3.8) is 0 Å². The zero-order valence-electron chi connectivity index (χ0n) is 14.4. The average molecular weight is 332 g/mol. The number of likely N-dealkylation sites (tertiary alicyclic amines) is 1. The van der Waals surface area contributed by atoms with Crippen LogP contribution in [-0.4, -0.2) is 27.5 Å². The lowest BCUT2D eigenvalue weighted by atomic mass is 9.81. The number of nitrogens with two attached hydrogens (primary N) is 1. The van der Waals surface area contributed by atoms with E-state index in [1.54, 1.807) is 6.20 Å². The highest BCUT2D eigenvalue weighted by Gasteiger charge is 2.32. The van der Waals surface area contributed by atoms with E-state index in [0.717, 1.165) is 38.2 Å². The second-order valence-electron chi connectivity index (χ2n) is 6.94. The fourth-order valence-electron chi connectivity index (χ4n) is 3.63. The van der Waals surface area contributed by atoms with Crippen molar-refractivity contribution in [1.29, 1.82) is 0 Å². The van der Waals surface area contributed by atoms with Crippen LogP contribution in [0.15, 0.2) is 73.3 Å². The van der Waals surface area contributed by atoms with Gasteiger partial charge in [0, 0.05) is 43.3 Å². The van der Waals surface area contributed by atoms with Crippen molar-refractivity contribution >= 4 is 0 Å².